The first-order chi connectivity index (χ1) is 8.95. The van der Waals surface area contributed by atoms with E-state index in [-0.39, 0.29) is 18.2 Å². The van der Waals surface area contributed by atoms with Crippen molar-refractivity contribution in [1.82, 2.24) is 9.80 Å². The summed E-state index contributed by atoms with van der Waals surface area (Å²) >= 11 is 0. The summed E-state index contributed by atoms with van der Waals surface area (Å²) in [6, 6.07) is 3.04. The van der Waals surface area contributed by atoms with E-state index in [4.69, 9.17) is 0 Å². The number of benzene rings is 1. The molecule has 1 heterocycles. The van der Waals surface area contributed by atoms with Gasteiger partial charge < -0.3 is 4.90 Å². The normalized spacial score (nSPS) is 21.6. The Hall–Kier alpha value is -1.33. The van der Waals surface area contributed by atoms with Crippen LogP contribution in [-0.2, 0) is 11.2 Å². The Morgan fingerprint density at radius 1 is 1.21 bits per heavy atom. The van der Waals surface area contributed by atoms with E-state index in [1.807, 2.05) is 19.0 Å². The van der Waals surface area contributed by atoms with Crippen molar-refractivity contribution >= 4 is 5.78 Å². The van der Waals surface area contributed by atoms with E-state index < -0.39 is 11.6 Å². The van der Waals surface area contributed by atoms with E-state index in [1.54, 1.807) is 0 Å². The molecule has 1 fully saturated rings. The molecule has 1 saturated heterocycles. The van der Waals surface area contributed by atoms with Gasteiger partial charge in [0, 0.05) is 32.1 Å². The molecule has 1 atom stereocenters. The zero-order valence-electron chi connectivity index (χ0n) is 11.2. The zero-order chi connectivity index (χ0) is 14.0. The van der Waals surface area contributed by atoms with E-state index in [0.717, 1.165) is 19.2 Å². The second-order valence-corrected chi connectivity index (χ2v) is 5.18. The Morgan fingerprint density at radius 2 is 1.84 bits per heavy atom. The molecule has 0 saturated carbocycles. The van der Waals surface area contributed by atoms with Crippen LogP contribution in [0.25, 0.3) is 0 Å². The second-order valence-electron chi connectivity index (χ2n) is 5.18. The number of rotatable bonds is 3. The van der Waals surface area contributed by atoms with E-state index in [2.05, 4.69) is 4.90 Å². The Bertz CT molecular complexity index is 458. The lowest BCUT2D eigenvalue weighted by atomic mass is 10.0. The number of carbonyl (C=O) groups excluding carboxylic acids is 1. The van der Waals surface area contributed by atoms with E-state index in [1.165, 1.54) is 12.1 Å². The highest BCUT2D eigenvalue weighted by atomic mass is 19.1. The van der Waals surface area contributed by atoms with Crippen LogP contribution in [0.2, 0.25) is 0 Å². The summed E-state index contributed by atoms with van der Waals surface area (Å²) in [5, 5.41) is 0. The number of ketones is 1. The maximum atomic E-state index is 13.1. The molecule has 19 heavy (non-hydrogen) atoms. The van der Waals surface area contributed by atoms with Gasteiger partial charge in [0.15, 0.2) is 5.78 Å². The minimum atomic E-state index is -0.642. The maximum Gasteiger partial charge on any atom is 0.155 e. The summed E-state index contributed by atoms with van der Waals surface area (Å²) < 4.78 is 26.2. The first-order valence-corrected chi connectivity index (χ1v) is 6.32. The van der Waals surface area contributed by atoms with Crippen molar-refractivity contribution in [2.45, 2.75) is 12.5 Å². The number of hydrogen-bond donors (Lipinski definition) is 0. The predicted molar refractivity (Wildman–Crippen MR) is 69.0 cm³/mol. The largest absolute Gasteiger partial charge is 0.303 e. The molecule has 0 aliphatic carbocycles. The SMILES string of the molecule is CN1CCN(C)C(C(=O)Cc2cc(F)cc(F)c2)C1. The van der Waals surface area contributed by atoms with Crippen LogP contribution in [-0.4, -0.2) is 55.4 Å². The van der Waals surface area contributed by atoms with E-state index >= 15 is 0 Å². The smallest absolute Gasteiger partial charge is 0.155 e. The summed E-state index contributed by atoms with van der Waals surface area (Å²) in [4.78, 5) is 16.3. The Kier molecular flexibility index (Phi) is 4.27. The number of carbonyl (C=O) groups is 1. The first kappa shape index (κ1) is 14.1. The van der Waals surface area contributed by atoms with Crippen molar-refractivity contribution in [3.63, 3.8) is 0 Å². The van der Waals surface area contributed by atoms with Crippen molar-refractivity contribution in [2.24, 2.45) is 0 Å². The highest BCUT2D eigenvalue weighted by Crippen LogP contribution is 2.13. The molecule has 1 unspecified atom stereocenters. The van der Waals surface area contributed by atoms with Crippen LogP contribution in [0.1, 0.15) is 5.56 Å². The lowest BCUT2D eigenvalue weighted by molar-refractivity contribution is -0.125. The van der Waals surface area contributed by atoms with E-state index in [0.29, 0.717) is 12.1 Å². The Morgan fingerprint density at radius 3 is 2.47 bits per heavy atom. The van der Waals surface area contributed by atoms with Crippen molar-refractivity contribution in [1.29, 1.82) is 0 Å². The van der Waals surface area contributed by atoms with Gasteiger partial charge in [-0.2, -0.15) is 0 Å². The molecule has 3 nitrogen and oxygen atoms in total. The average Bonchev–Trinajstić information content (AvgIpc) is 2.30. The lowest BCUT2D eigenvalue weighted by Gasteiger charge is -2.36. The van der Waals surface area contributed by atoms with Gasteiger partial charge in [-0.15, -0.1) is 0 Å². The number of halogens is 2. The summed E-state index contributed by atoms with van der Waals surface area (Å²) in [6.07, 6.45) is 0.0670. The molecular formula is C14H18F2N2O. The molecule has 0 aromatic heterocycles. The van der Waals surface area contributed by atoms with Gasteiger partial charge in [-0.3, -0.25) is 9.69 Å². The second kappa shape index (κ2) is 5.75. The molecule has 5 heteroatoms. The van der Waals surface area contributed by atoms with Gasteiger partial charge in [0.05, 0.1) is 6.04 Å². The number of Topliss-reactive ketones (excluding diaryl/α,β-unsaturated/α-hetero) is 1. The number of piperazine rings is 1. The quantitative estimate of drug-likeness (QED) is 0.826. The first-order valence-electron chi connectivity index (χ1n) is 6.32. The number of nitrogens with zero attached hydrogens (tertiary/aromatic N) is 2. The van der Waals surface area contributed by atoms with Crippen molar-refractivity contribution in [3.05, 3.63) is 35.4 Å². The van der Waals surface area contributed by atoms with Crippen molar-refractivity contribution in [2.75, 3.05) is 33.7 Å². The van der Waals surface area contributed by atoms with Crippen LogP contribution in [0.5, 0.6) is 0 Å². The van der Waals surface area contributed by atoms with E-state index in [9.17, 15) is 13.6 Å². The van der Waals surface area contributed by atoms with Gasteiger partial charge in [0.25, 0.3) is 0 Å². The highest BCUT2D eigenvalue weighted by Gasteiger charge is 2.28. The lowest BCUT2D eigenvalue weighted by Crippen LogP contribution is -2.53. The molecule has 2 rings (SSSR count). The molecule has 0 bridgehead atoms. The topological polar surface area (TPSA) is 23.6 Å². The van der Waals surface area contributed by atoms with Crippen LogP contribution in [0.15, 0.2) is 18.2 Å². The summed E-state index contributed by atoms with van der Waals surface area (Å²) in [5.41, 5.74) is 0.393. The van der Waals surface area contributed by atoms with Crippen LogP contribution in [0, 0.1) is 11.6 Å². The fourth-order valence-corrected chi connectivity index (χ4v) is 2.39. The molecule has 104 valence electrons. The fraction of sp³-hybridized carbons (Fsp3) is 0.500. The minimum absolute atomic E-state index is 0.000880. The third kappa shape index (κ3) is 3.58. The van der Waals surface area contributed by atoms with Crippen molar-refractivity contribution in [3.8, 4) is 0 Å². The molecule has 1 aliphatic rings. The summed E-state index contributed by atoms with van der Waals surface area (Å²) in [7, 11) is 3.87. The third-order valence-electron chi connectivity index (χ3n) is 3.52. The summed E-state index contributed by atoms with van der Waals surface area (Å²) in [6.45, 7) is 2.41. The molecule has 1 aromatic carbocycles. The van der Waals surface area contributed by atoms with Gasteiger partial charge in [0.2, 0.25) is 0 Å². The standard InChI is InChI=1S/C14H18F2N2O/c1-17-3-4-18(2)13(9-17)14(19)7-10-5-11(15)8-12(16)6-10/h5-6,8,13H,3-4,7,9H2,1-2H3. The van der Waals surface area contributed by atoms with Gasteiger partial charge >= 0.3 is 0 Å². The zero-order valence-corrected chi connectivity index (χ0v) is 11.2. The van der Waals surface area contributed by atoms with Gasteiger partial charge in [-0.05, 0) is 31.8 Å². The maximum absolute atomic E-state index is 13.1. The van der Waals surface area contributed by atoms with Crippen LogP contribution < -0.4 is 0 Å². The van der Waals surface area contributed by atoms with Crippen LogP contribution >= 0.6 is 0 Å². The van der Waals surface area contributed by atoms with Crippen molar-refractivity contribution < 1.29 is 13.6 Å². The van der Waals surface area contributed by atoms with Gasteiger partial charge in [0.1, 0.15) is 11.6 Å². The molecule has 0 radical (unpaired) electrons. The Labute approximate surface area is 111 Å². The van der Waals surface area contributed by atoms with Crippen LogP contribution in [0.4, 0.5) is 8.78 Å². The minimum Gasteiger partial charge on any atom is -0.303 e. The Balaban J connectivity index is 2.07. The molecule has 0 spiro atoms. The fourth-order valence-electron chi connectivity index (χ4n) is 2.39. The molecular weight excluding hydrogens is 250 g/mol. The highest BCUT2D eigenvalue weighted by molar-refractivity contribution is 5.86. The number of hydrogen-bond acceptors (Lipinski definition) is 3. The molecule has 0 N–H and O–H groups in total. The third-order valence-corrected chi connectivity index (χ3v) is 3.52. The van der Waals surface area contributed by atoms with Crippen LogP contribution in [0.3, 0.4) is 0 Å². The monoisotopic (exact) mass is 268 g/mol. The molecule has 1 aliphatic heterocycles. The van der Waals surface area contributed by atoms with Gasteiger partial charge in [-0.1, -0.05) is 0 Å². The average molecular weight is 268 g/mol. The summed E-state index contributed by atoms with van der Waals surface area (Å²) in [5.74, 6) is -1.28. The molecule has 1 aromatic rings. The number of likely N-dealkylation sites (N-methyl/N-ethyl adjacent to an activating group) is 2. The molecule has 0 amide bonds. The predicted octanol–water partition coefficient (Wildman–Crippen LogP) is 1.32. The van der Waals surface area contributed by atoms with Gasteiger partial charge in [-0.25, -0.2) is 8.78 Å².